The Labute approximate surface area is 181 Å². The molecular formula is C25H38N3O2+3. The highest BCUT2D eigenvalue weighted by Gasteiger charge is 2.33. The van der Waals surface area contributed by atoms with Crippen LogP contribution in [0.1, 0.15) is 24.0 Å². The molecule has 2 aromatic rings. The van der Waals surface area contributed by atoms with Gasteiger partial charge < -0.3 is 24.2 Å². The molecule has 2 aliphatic rings. The van der Waals surface area contributed by atoms with Gasteiger partial charge in [0.15, 0.2) is 11.5 Å². The van der Waals surface area contributed by atoms with Crippen molar-refractivity contribution in [2.45, 2.75) is 32.0 Å². The number of quaternary nitrogens is 3. The van der Waals surface area contributed by atoms with Crippen LogP contribution < -0.4 is 24.2 Å². The van der Waals surface area contributed by atoms with E-state index < -0.39 is 0 Å². The van der Waals surface area contributed by atoms with Crippen molar-refractivity contribution in [3.05, 3.63) is 59.7 Å². The van der Waals surface area contributed by atoms with Gasteiger partial charge in [0.25, 0.3) is 0 Å². The zero-order valence-electron chi connectivity index (χ0n) is 18.6. The lowest BCUT2D eigenvalue weighted by molar-refractivity contribution is -1.04. The summed E-state index contributed by atoms with van der Waals surface area (Å²) in [7, 11) is 3.40. The van der Waals surface area contributed by atoms with Crippen molar-refractivity contribution in [1.29, 1.82) is 0 Å². The second-order valence-electron chi connectivity index (χ2n) is 8.96. The number of methoxy groups -OCH3 is 2. The Morgan fingerprint density at radius 1 is 0.700 bits per heavy atom. The summed E-state index contributed by atoms with van der Waals surface area (Å²) >= 11 is 0. The summed E-state index contributed by atoms with van der Waals surface area (Å²) < 4.78 is 10.8. The van der Waals surface area contributed by atoms with E-state index in [1.54, 1.807) is 24.0 Å². The molecule has 5 heteroatoms. The molecule has 4 rings (SSSR count). The number of hydrogen-bond acceptors (Lipinski definition) is 2. The summed E-state index contributed by atoms with van der Waals surface area (Å²) in [6, 6.07) is 18.2. The number of piperidine rings is 1. The molecule has 0 aliphatic carbocycles. The Balaban J connectivity index is 1.21. The second-order valence-corrected chi connectivity index (χ2v) is 8.96. The third-order valence-electron chi connectivity index (χ3n) is 7.07. The summed E-state index contributed by atoms with van der Waals surface area (Å²) in [5.74, 6) is 1.65. The number of benzene rings is 2. The zero-order valence-corrected chi connectivity index (χ0v) is 18.6. The monoisotopic (exact) mass is 412 g/mol. The van der Waals surface area contributed by atoms with Gasteiger partial charge >= 0.3 is 0 Å². The molecule has 5 nitrogen and oxygen atoms in total. The van der Waals surface area contributed by atoms with Crippen molar-refractivity contribution >= 4 is 0 Å². The maximum Gasteiger partial charge on any atom is 0.161 e. The Kier molecular flexibility index (Phi) is 7.26. The fraction of sp³-hybridized carbons (Fsp3) is 0.520. The normalized spacial score (nSPS) is 26.9. The molecule has 0 unspecified atom stereocenters. The lowest BCUT2D eigenvalue weighted by Gasteiger charge is -2.37. The molecule has 0 saturated carbocycles. The van der Waals surface area contributed by atoms with E-state index in [9.17, 15) is 0 Å². The number of likely N-dealkylation sites (tertiary alicyclic amines) is 1. The first kappa shape index (κ1) is 21.2. The number of nitrogens with one attached hydrogen (secondary N) is 3. The van der Waals surface area contributed by atoms with Gasteiger partial charge in [-0.3, -0.25) is 0 Å². The SMILES string of the molecule is COc1ccc(C[NH+]2CC[NH+](C3CC[NH+](Cc4ccccc4)CC3)CC2)cc1OC. The molecule has 0 amide bonds. The van der Waals surface area contributed by atoms with Crippen LogP contribution in [-0.4, -0.2) is 59.5 Å². The van der Waals surface area contributed by atoms with Gasteiger partial charge in [0.2, 0.25) is 0 Å². The zero-order chi connectivity index (χ0) is 20.8. The lowest BCUT2D eigenvalue weighted by Crippen LogP contribution is -3.30. The van der Waals surface area contributed by atoms with Crippen LogP contribution in [0.15, 0.2) is 48.5 Å². The van der Waals surface area contributed by atoms with Crippen LogP contribution in [0.25, 0.3) is 0 Å². The summed E-state index contributed by atoms with van der Waals surface area (Å²) in [5.41, 5.74) is 2.81. The van der Waals surface area contributed by atoms with Gasteiger partial charge in [-0.05, 0) is 18.2 Å². The largest absolute Gasteiger partial charge is 0.493 e. The first-order chi connectivity index (χ1) is 14.7. The van der Waals surface area contributed by atoms with E-state index in [0.29, 0.717) is 0 Å². The standard InChI is InChI=1S/C25H35N3O2/c1-29-24-9-8-22(18-25(24)30-2)20-27-14-16-28(17-15-27)23-10-12-26(13-11-23)19-21-6-4-3-5-7-21/h3-9,18,23H,10-17,19-20H2,1-2H3/p+3. The van der Waals surface area contributed by atoms with Crippen molar-refractivity contribution < 1.29 is 24.2 Å². The first-order valence-corrected chi connectivity index (χ1v) is 11.5. The molecule has 0 spiro atoms. The number of hydrogen-bond donors (Lipinski definition) is 3. The summed E-state index contributed by atoms with van der Waals surface area (Å²) in [6.45, 7) is 10.1. The van der Waals surface area contributed by atoms with Gasteiger partial charge in [0, 0.05) is 24.0 Å². The molecule has 2 heterocycles. The fourth-order valence-corrected chi connectivity index (χ4v) is 5.28. The Morgan fingerprint density at radius 3 is 2.00 bits per heavy atom. The van der Waals surface area contributed by atoms with Crippen molar-refractivity contribution in [3.63, 3.8) is 0 Å². The van der Waals surface area contributed by atoms with E-state index in [4.69, 9.17) is 9.47 Å². The quantitative estimate of drug-likeness (QED) is 0.558. The van der Waals surface area contributed by atoms with Crippen LogP contribution in [0.4, 0.5) is 0 Å². The molecular weight excluding hydrogens is 374 g/mol. The van der Waals surface area contributed by atoms with E-state index in [-0.39, 0.29) is 0 Å². The van der Waals surface area contributed by atoms with Gasteiger partial charge in [0.1, 0.15) is 39.3 Å². The van der Waals surface area contributed by atoms with E-state index in [0.717, 1.165) is 24.1 Å². The summed E-state index contributed by atoms with van der Waals surface area (Å²) in [6.07, 6.45) is 2.75. The topological polar surface area (TPSA) is 31.8 Å². The lowest BCUT2D eigenvalue weighted by atomic mass is 10.0. The fourth-order valence-electron chi connectivity index (χ4n) is 5.28. The molecule has 3 N–H and O–H groups in total. The molecule has 0 atom stereocenters. The van der Waals surface area contributed by atoms with Crippen LogP contribution in [-0.2, 0) is 13.1 Å². The third-order valence-corrected chi connectivity index (χ3v) is 7.07. The van der Waals surface area contributed by atoms with Crippen LogP contribution in [0, 0.1) is 0 Å². The Hall–Kier alpha value is -2.08. The highest BCUT2D eigenvalue weighted by atomic mass is 16.5. The highest BCUT2D eigenvalue weighted by Crippen LogP contribution is 2.27. The van der Waals surface area contributed by atoms with Gasteiger partial charge in [-0.25, -0.2) is 0 Å². The third kappa shape index (κ3) is 5.34. The first-order valence-electron chi connectivity index (χ1n) is 11.5. The highest BCUT2D eigenvalue weighted by molar-refractivity contribution is 5.42. The van der Waals surface area contributed by atoms with Crippen molar-refractivity contribution in [2.24, 2.45) is 0 Å². The van der Waals surface area contributed by atoms with E-state index in [2.05, 4.69) is 42.5 Å². The molecule has 0 bridgehead atoms. The smallest absolute Gasteiger partial charge is 0.161 e. The van der Waals surface area contributed by atoms with Gasteiger partial charge in [-0.15, -0.1) is 0 Å². The molecule has 0 radical (unpaired) electrons. The minimum atomic E-state index is 0.811. The number of piperazine rings is 1. The van der Waals surface area contributed by atoms with Gasteiger partial charge in [-0.2, -0.15) is 0 Å². The van der Waals surface area contributed by atoms with Crippen LogP contribution in [0.3, 0.4) is 0 Å². The van der Waals surface area contributed by atoms with Crippen LogP contribution in [0.2, 0.25) is 0 Å². The summed E-state index contributed by atoms with van der Waals surface area (Å²) in [5, 5.41) is 0. The van der Waals surface area contributed by atoms with Crippen molar-refractivity contribution in [3.8, 4) is 11.5 Å². The maximum absolute atomic E-state index is 5.47. The predicted octanol–water partition coefficient (Wildman–Crippen LogP) is -0.765. The molecule has 2 saturated heterocycles. The van der Waals surface area contributed by atoms with Crippen molar-refractivity contribution in [2.75, 3.05) is 53.5 Å². The van der Waals surface area contributed by atoms with Gasteiger partial charge in [0.05, 0.1) is 33.4 Å². The number of rotatable bonds is 7. The summed E-state index contributed by atoms with van der Waals surface area (Å²) in [4.78, 5) is 5.30. The predicted molar refractivity (Wildman–Crippen MR) is 119 cm³/mol. The number of ether oxygens (including phenoxy) is 2. The maximum atomic E-state index is 5.47. The Bertz CT molecular complexity index is 782. The minimum absolute atomic E-state index is 0.811. The molecule has 0 aromatic heterocycles. The molecule has 162 valence electrons. The average molecular weight is 413 g/mol. The molecule has 2 aliphatic heterocycles. The van der Waals surface area contributed by atoms with E-state index >= 15 is 0 Å². The molecule has 2 aromatic carbocycles. The minimum Gasteiger partial charge on any atom is -0.493 e. The van der Waals surface area contributed by atoms with Crippen molar-refractivity contribution in [1.82, 2.24) is 0 Å². The van der Waals surface area contributed by atoms with E-state index in [1.165, 1.54) is 69.8 Å². The van der Waals surface area contributed by atoms with Crippen LogP contribution >= 0.6 is 0 Å². The average Bonchev–Trinajstić information content (AvgIpc) is 2.81. The van der Waals surface area contributed by atoms with Crippen LogP contribution in [0.5, 0.6) is 11.5 Å². The van der Waals surface area contributed by atoms with Gasteiger partial charge in [-0.1, -0.05) is 30.3 Å². The molecule has 30 heavy (non-hydrogen) atoms. The Morgan fingerprint density at radius 2 is 1.33 bits per heavy atom. The van der Waals surface area contributed by atoms with E-state index in [1.807, 2.05) is 11.0 Å². The second kappa shape index (κ2) is 10.3. The molecule has 2 fully saturated rings.